The summed E-state index contributed by atoms with van der Waals surface area (Å²) in [6.45, 7) is 2.35. The Labute approximate surface area is 206 Å². The van der Waals surface area contributed by atoms with Gasteiger partial charge in [0.2, 0.25) is 0 Å². The first-order valence-electron chi connectivity index (χ1n) is 12.1. The molecule has 1 fully saturated rings. The number of nitrogens with one attached hydrogen (secondary N) is 3. The highest BCUT2D eigenvalue weighted by atomic mass is 19.1. The lowest BCUT2D eigenvalue weighted by Gasteiger charge is -2.30. The summed E-state index contributed by atoms with van der Waals surface area (Å²) in [6.07, 6.45) is 8.77. The second-order valence-electron chi connectivity index (χ2n) is 10.1. The van der Waals surface area contributed by atoms with Crippen LogP contribution in [0.2, 0.25) is 0 Å². The molecule has 10 heteroatoms. The van der Waals surface area contributed by atoms with E-state index >= 15 is 8.78 Å². The van der Waals surface area contributed by atoms with Crippen LogP contribution in [-0.4, -0.2) is 52.9 Å². The van der Waals surface area contributed by atoms with Crippen molar-refractivity contribution in [3.8, 4) is 11.5 Å². The first kappa shape index (κ1) is 22.9. The second kappa shape index (κ2) is 8.86. The number of nitrogens with zero attached hydrogens (tertiary/aromatic N) is 2. The molecule has 0 spiro atoms. The van der Waals surface area contributed by atoms with E-state index in [2.05, 4.69) is 31.7 Å². The van der Waals surface area contributed by atoms with Crippen LogP contribution in [0.4, 0.5) is 14.5 Å². The molecule has 6 rings (SSSR count). The van der Waals surface area contributed by atoms with Gasteiger partial charge >= 0.3 is 0 Å². The average Bonchev–Trinajstić information content (AvgIpc) is 3.46. The Hall–Kier alpha value is -3.50. The van der Waals surface area contributed by atoms with E-state index in [9.17, 15) is 5.11 Å². The Bertz CT molecular complexity index is 1360. The summed E-state index contributed by atoms with van der Waals surface area (Å²) in [7, 11) is 0. The van der Waals surface area contributed by atoms with Crippen LogP contribution in [0.1, 0.15) is 31.7 Å². The lowest BCUT2D eigenvalue weighted by molar-refractivity contribution is 0.0706. The number of fused-ring (bicyclic) bond motifs is 3. The number of ether oxygens (including phenoxy) is 2. The number of hydrogen-bond donors (Lipinski definition) is 4. The van der Waals surface area contributed by atoms with E-state index in [1.807, 2.05) is 13.1 Å². The van der Waals surface area contributed by atoms with E-state index in [-0.39, 0.29) is 24.9 Å². The predicted octanol–water partition coefficient (Wildman–Crippen LogP) is 4.34. The fourth-order valence-corrected chi connectivity index (χ4v) is 5.01. The number of anilines is 1. The number of aliphatic hydroxyl groups is 1. The van der Waals surface area contributed by atoms with Gasteiger partial charge in [0, 0.05) is 53.3 Å². The summed E-state index contributed by atoms with van der Waals surface area (Å²) in [5.74, 6) is -1.91. The number of hydrogen-bond acceptors (Lipinski definition) is 7. The summed E-state index contributed by atoms with van der Waals surface area (Å²) in [5, 5.41) is 16.5. The Morgan fingerprint density at radius 3 is 2.83 bits per heavy atom. The van der Waals surface area contributed by atoms with Gasteiger partial charge in [0.1, 0.15) is 18.0 Å². The lowest BCUT2D eigenvalue weighted by atomic mass is 9.93. The van der Waals surface area contributed by atoms with Crippen LogP contribution in [0.25, 0.3) is 16.6 Å². The lowest BCUT2D eigenvalue weighted by Crippen LogP contribution is -2.38. The molecule has 2 bridgehead atoms. The van der Waals surface area contributed by atoms with Gasteiger partial charge in [-0.15, -0.1) is 0 Å². The summed E-state index contributed by atoms with van der Waals surface area (Å²) >= 11 is 0. The number of rotatable bonds is 5. The van der Waals surface area contributed by atoms with Crippen LogP contribution in [-0.2, 0) is 4.74 Å². The molecule has 0 saturated carbocycles. The average molecular weight is 496 g/mol. The molecule has 4 N–H and O–H groups in total. The monoisotopic (exact) mass is 495 g/mol. The third kappa shape index (κ3) is 4.20. The topological polar surface area (TPSA) is 104 Å². The van der Waals surface area contributed by atoms with E-state index in [0.717, 1.165) is 37.0 Å². The number of benzene rings is 1. The maximum Gasteiger partial charge on any atom is 0.289 e. The van der Waals surface area contributed by atoms with E-state index in [4.69, 9.17) is 9.47 Å². The van der Waals surface area contributed by atoms with Crippen LogP contribution in [0.5, 0.6) is 11.5 Å². The van der Waals surface area contributed by atoms with Crippen molar-refractivity contribution in [3.05, 3.63) is 53.9 Å². The van der Waals surface area contributed by atoms with Gasteiger partial charge in [-0.2, -0.15) is 0 Å². The summed E-state index contributed by atoms with van der Waals surface area (Å²) in [6, 6.07) is 4.80. The molecular weight excluding hydrogens is 468 g/mol. The number of aliphatic hydroxyl groups excluding tert-OH is 1. The SMILES string of the molecule is CC1(CO)CN=C(Nc2cc(F)c(Oc3ccnc4[nH]cc(C5=CC6CCC(C5)N6)c34)c(F)c2)OC1. The molecule has 5 heterocycles. The van der Waals surface area contributed by atoms with E-state index in [0.29, 0.717) is 35.4 Å². The number of H-pyrrole nitrogens is 1. The number of aliphatic imine (C=N–C) groups is 1. The van der Waals surface area contributed by atoms with Gasteiger partial charge in [-0.05, 0) is 30.9 Å². The quantitative estimate of drug-likeness (QED) is 0.420. The first-order chi connectivity index (χ1) is 17.4. The summed E-state index contributed by atoms with van der Waals surface area (Å²) in [4.78, 5) is 11.8. The molecule has 3 aliphatic heterocycles. The van der Waals surface area contributed by atoms with Gasteiger partial charge in [-0.25, -0.2) is 18.8 Å². The highest BCUT2D eigenvalue weighted by Gasteiger charge is 2.31. The van der Waals surface area contributed by atoms with Crippen molar-refractivity contribution >= 4 is 28.3 Å². The molecule has 188 valence electrons. The fourth-order valence-electron chi connectivity index (χ4n) is 5.01. The smallest absolute Gasteiger partial charge is 0.289 e. The van der Waals surface area contributed by atoms with Gasteiger partial charge in [0.05, 0.1) is 18.5 Å². The molecule has 1 aromatic carbocycles. The molecule has 3 unspecified atom stereocenters. The van der Waals surface area contributed by atoms with Crippen LogP contribution in [0, 0.1) is 17.0 Å². The van der Waals surface area contributed by atoms with Crippen LogP contribution in [0.15, 0.2) is 41.7 Å². The molecular formula is C26H27F2N5O3. The van der Waals surface area contributed by atoms with Crippen molar-refractivity contribution in [1.29, 1.82) is 0 Å². The zero-order valence-corrected chi connectivity index (χ0v) is 19.8. The third-order valence-electron chi connectivity index (χ3n) is 7.03. The van der Waals surface area contributed by atoms with E-state index in [1.54, 1.807) is 12.3 Å². The molecule has 3 atom stereocenters. The van der Waals surface area contributed by atoms with Gasteiger partial charge in [0.15, 0.2) is 17.4 Å². The molecule has 3 aliphatic rings. The number of pyridine rings is 1. The maximum absolute atomic E-state index is 15.1. The maximum atomic E-state index is 15.1. The Balaban J connectivity index is 1.28. The number of amidine groups is 1. The standard InChI is InChI=1S/C26H27F2N5O3/c1-26(12-34)11-31-25(35-13-26)33-17-8-19(27)23(20(28)9-17)36-21-4-5-29-24-22(21)18(10-30-24)14-6-15-2-3-16(7-14)32-15/h4-6,8-10,15-16,32,34H,2-3,7,11-13H2,1H3,(H,29,30)(H,31,33). The second-order valence-corrected chi connectivity index (χ2v) is 10.1. The van der Waals surface area contributed by atoms with Crippen molar-refractivity contribution in [2.75, 3.05) is 25.1 Å². The number of aromatic nitrogens is 2. The highest BCUT2D eigenvalue weighted by Crippen LogP contribution is 2.40. The van der Waals surface area contributed by atoms with Gasteiger partial charge in [0.25, 0.3) is 6.02 Å². The normalized spacial score (nSPS) is 25.3. The minimum Gasteiger partial charge on any atom is -0.464 e. The van der Waals surface area contributed by atoms with Crippen LogP contribution >= 0.6 is 0 Å². The zero-order chi connectivity index (χ0) is 24.9. The molecule has 0 aliphatic carbocycles. The third-order valence-corrected chi connectivity index (χ3v) is 7.03. The molecule has 3 aromatic rings. The molecule has 0 amide bonds. The van der Waals surface area contributed by atoms with Crippen molar-refractivity contribution in [2.45, 2.75) is 38.3 Å². The van der Waals surface area contributed by atoms with Gasteiger partial charge in [-0.1, -0.05) is 13.0 Å². The number of aromatic amines is 1. The fraction of sp³-hybridized carbons (Fsp3) is 0.385. The van der Waals surface area contributed by atoms with Crippen molar-refractivity contribution in [1.82, 2.24) is 15.3 Å². The number of halogens is 2. The molecule has 0 radical (unpaired) electrons. The van der Waals surface area contributed by atoms with Gasteiger partial charge < -0.3 is 30.2 Å². The predicted molar refractivity (Wildman–Crippen MR) is 132 cm³/mol. The van der Waals surface area contributed by atoms with Crippen molar-refractivity contribution in [3.63, 3.8) is 0 Å². The highest BCUT2D eigenvalue weighted by molar-refractivity contribution is 5.95. The summed E-state index contributed by atoms with van der Waals surface area (Å²) < 4.78 is 41.5. The molecule has 1 saturated heterocycles. The molecule has 8 nitrogen and oxygen atoms in total. The zero-order valence-electron chi connectivity index (χ0n) is 19.8. The minimum absolute atomic E-state index is 0.0699. The van der Waals surface area contributed by atoms with Crippen LogP contribution < -0.4 is 15.4 Å². The van der Waals surface area contributed by atoms with E-state index < -0.39 is 22.8 Å². The van der Waals surface area contributed by atoms with E-state index in [1.165, 1.54) is 5.57 Å². The summed E-state index contributed by atoms with van der Waals surface area (Å²) in [5.41, 5.74) is 2.37. The van der Waals surface area contributed by atoms with Crippen molar-refractivity contribution < 1.29 is 23.4 Å². The van der Waals surface area contributed by atoms with Crippen molar-refractivity contribution in [2.24, 2.45) is 10.4 Å². The first-order valence-corrected chi connectivity index (χ1v) is 12.1. The van der Waals surface area contributed by atoms with Crippen LogP contribution in [0.3, 0.4) is 0 Å². The Morgan fingerprint density at radius 1 is 1.28 bits per heavy atom. The van der Waals surface area contributed by atoms with Gasteiger partial charge in [-0.3, -0.25) is 0 Å². The largest absolute Gasteiger partial charge is 0.464 e. The molecule has 2 aromatic heterocycles. The Morgan fingerprint density at radius 2 is 2.11 bits per heavy atom. The minimum atomic E-state index is -0.865. The Kier molecular flexibility index (Phi) is 5.65. The molecule has 36 heavy (non-hydrogen) atoms.